The van der Waals surface area contributed by atoms with Gasteiger partial charge in [0.15, 0.2) is 11.4 Å². The first-order valence-corrected chi connectivity index (χ1v) is 7.60. The Morgan fingerprint density at radius 2 is 1.74 bits per heavy atom. The van der Waals surface area contributed by atoms with Gasteiger partial charge in [-0.2, -0.15) is 10.5 Å². The summed E-state index contributed by atoms with van der Waals surface area (Å²) in [7, 11) is 0. The zero-order valence-electron chi connectivity index (χ0n) is 13.3. The van der Waals surface area contributed by atoms with Crippen LogP contribution in [0.15, 0.2) is 18.2 Å². The van der Waals surface area contributed by atoms with Gasteiger partial charge in [-0.3, -0.25) is 0 Å². The van der Waals surface area contributed by atoms with Gasteiger partial charge < -0.3 is 14.8 Å². The summed E-state index contributed by atoms with van der Waals surface area (Å²) in [5, 5.41) is 18.0. The van der Waals surface area contributed by atoms with E-state index in [1.807, 2.05) is 12.1 Å². The summed E-state index contributed by atoms with van der Waals surface area (Å²) in [6.07, 6.45) is 0. The van der Waals surface area contributed by atoms with E-state index >= 15 is 0 Å². The number of benzene rings is 1. The molecule has 0 saturated carbocycles. The highest BCUT2D eigenvalue weighted by atomic mass is 15.3. The highest BCUT2D eigenvalue weighted by molar-refractivity contribution is 5.57. The maximum Gasteiger partial charge on any atom is 0.205 e. The molecule has 116 valence electrons. The molecule has 0 radical (unpaired) electrons. The zero-order chi connectivity index (χ0) is 16.4. The molecule has 1 fully saturated rings. The summed E-state index contributed by atoms with van der Waals surface area (Å²) in [4.78, 5) is 11.6. The van der Waals surface area contributed by atoms with Crippen molar-refractivity contribution in [2.75, 3.05) is 36.0 Å². The molecule has 0 amide bonds. The summed E-state index contributed by atoms with van der Waals surface area (Å²) in [5.74, 6) is 0.610. The number of rotatable bonds is 2. The molecule has 6 nitrogen and oxygen atoms in total. The molecule has 23 heavy (non-hydrogen) atoms. The highest BCUT2D eigenvalue weighted by Crippen LogP contribution is 2.25. The van der Waals surface area contributed by atoms with Crippen LogP contribution in [0, 0.1) is 36.5 Å². The Kier molecular flexibility index (Phi) is 3.91. The monoisotopic (exact) mass is 306 g/mol. The second-order valence-electron chi connectivity index (χ2n) is 5.70. The lowest BCUT2D eigenvalue weighted by atomic mass is 10.1. The normalized spacial score (nSPS) is 14.4. The molecule has 0 spiro atoms. The number of nitrogens with one attached hydrogen (secondary N) is 1. The second-order valence-corrected chi connectivity index (χ2v) is 5.70. The molecule has 2 aromatic rings. The minimum Gasteiger partial charge on any atom is -0.368 e. The molecule has 6 heteroatoms. The minimum absolute atomic E-state index is 0.166. The van der Waals surface area contributed by atoms with Gasteiger partial charge in [0.1, 0.15) is 12.1 Å². The first-order chi connectivity index (χ1) is 11.1. The van der Waals surface area contributed by atoms with E-state index in [9.17, 15) is 0 Å². The van der Waals surface area contributed by atoms with Crippen LogP contribution in [-0.2, 0) is 0 Å². The number of aromatic nitrogens is 2. The SMILES string of the molecule is Cc1cccc(N2CCN(c3nc(C#N)c(C#N)[nH]3)CC2)c1C. The van der Waals surface area contributed by atoms with Gasteiger partial charge in [-0.1, -0.05) is 12.1 Å². The van der Waals surface area contributed by atoms with E-state index in [0.717, 1.165) is 26.2 Å². The average Bonchev–Trinajstić information content (AvgIpc) is 3.01. The molecule has 0 aliphatic carbocycles. The fourth-order valence-corrected chi connectivity index (χ4v) is 2.91. The fraction of sp³-hybridized carbons (Fsp3) is 0.353. The zero-order valence-corrected chi connectivity index (χ0v) is 13.3. The summed E-state index contributed by atoms with van der Waals surface area (Å²) >= 11 is 0. The van der Waals surface area contributed by atoms with Crippen molar-refractivity contribution in [1.29, 1.82) is 10.5 Å². The molecule has 0 unspecified atom stereocenters. The first kappa shape index (κ1) is 14.9. The van der Waals surface area contributed by atoms with Crippen molar-refractivity contribution in [3.8, 4) is 12.1 Å². The molecule has 1 aliphatic heterocycles. The number of piperazine rings is 1. The summed E-state index contributed by atoms with van der Waals surface area (Å²) in [5.41, 5.74) is 4.30. The molecule has 1 aromatic heterocycles. The van der Waals surface area contributed by atoms with Gasteiger partial charge in [-0.25, -0.2) is 4.98 Å². The first-order valence-electron chi connectivity index (χ1n) is 7.60. The van der Waals surface area contributed by atoms with Gasteiger partial charge >= 0.3 is 0 Å². The Morgan fingerprint density at radius 3 is 2.35 bits per heavy atom. The lowest BCUT2D eigenvalue weighted by molar-refractivity contribution is 0.641. The number of aromatic amines is 1. The minimum atomic E-state index is 0.166. The van der Waals surface area contributed by atoms with E-state index in [2.05, 4.69) is 51.8 Å². The van der Waals surface area contributed by atoms with E-state index in [1.165, 1.54) is 16.8 Å². The van der Waals surface area contributed by atoms with E-state index in [-0.39, 0.29) is 11.4 Å². The maximum atomic E-state index is 9.01. The molecule has 0 bridgehead atoms. The Bertz CT molecular complexity index is 768. The average molecular weight is 306 g/mol. The van der Waals surface area contributed by atoms with Crippen molar-refractivity contribution in [3.05, 3.63) is 40.7 Å². The number of nitrogens with zero attached hydrogens (tertiary/aromatic N) is 5. The van der Waals surface area contributed by atoms with Gasteiger partial charge in [0.25, 0.3) is 0 Å². The van der Waals surface area contributed by atoms with Gasteiger partial charge in [0, 0.05) is 31.9 Å². The van der Waals surface area contributed by atoms with Crippen LogP contribution in [0.4, 0.5) is 11.6 Å². The van der Waals surface area contributed by atoms with E-state index in [4.69, 9.17) is 10.5 Å². The smallest absolute Gasteiger partial charge is 0.205 e. The number of nitriles is 2. The van der Waals surface area contributed by atoms with Crippen LogP contribution in [0.5, 0.6) is 0 Å². The van der Waals surface area contributed by atoms with Crippen LogP contribution in [0.2, 0.25) is 0 Å². The molecule has 1 N–H and O–H groups in total. The van der Waals surface area contributed by atoms with Gasteiger partial charge in [-0.05, 0) is 31.0 Å². The Morgan fingerprint density at radius 1 is 1.04 bits per heavy atom. The van der Waals surface area contributed by atoms with Gasteiger partial charge in [0.05, 0.1) is 0 Å². The number of anilines is 2. The molecule has 1 aromatic carbocycles. The van der Waals surface area contributed by atoms with Gasteiger partial charge in [0.2, 0.25) is 5.95 Å². The molecular formula is C17H18N6. The second kappa shape index (κ2) is 6.02. The molecule has 2 heterocycles. The lowest BCUT2D eigenvalue weighted by Crippen LogP contribution is -2.47. The van der Waals surface area contributed by atoms with Crippen LogP contribution < -0.4 is 9.80 Å². The van der Waals surface area contributed by atoms with Crippen LogP contribution >= 0.6 is 0 Å². The Balaban J connectivity index is 1.74. The molecule has 1 aliphatic rings. The van der Waals surface area contributed by atoms with Gasteiger partial charge in [-0.15, -0.1) is 0 Å². The summed E-state index contributed by atoms with van der Waals surface area (Å²) < 4.78 is 0. The Labute approximate surface area is 135 Å². The van der Waals surface area contributed by atoms with E-state index in [0.29, 0.717) is 5.95 Å². The summed E-state index contributed by atoms with van der Waals surface area (Å²) in [6.45, 7) is 7.66. The number of hydrogen-bond donors (Lipinski definition) is 1. The lowest BCUT2D eigenvalue weighted by Gasteiger charge is -2.36. The number of aryl methyl sites for hydroxylation is 1. The van der Waals surface area contributed by atoms with E-state index < -0.39 is 0 Å². The topological polar surface area (TPSA) is 82.7 Å². The molecular weight excluding hydrogens is 288 g/mol. The van der Waals surface area contributed by atoms with Crippen molar-refractivity contribution in [2.45, 2.75) is 13.8 Å². The van der Waals surface area contributed by atoms with Crippen LogP contribution in [0.1, 0.15) is 22.5 Å². The van der Waals surface area contributed by atoms with Crippen molar-refractivity contribution < 1.29 is 0 Å². The van der Waals surface area contributed by atoms with Crippen molar-refractivity contribution >= 4 is 11.6 Å². The van der Waals surface area contributed by atoms with Crippen LogP contribution in [0.3, 0.4) is 0 Å². The largest absolute Gasteiger partial charge is 0.368 e. The number of imidazole rings is 1. The van der Waals surface area contributed by atoms with Crippen LogP contribution in [0.25, 0.3) is 0 Å². The third-order valence-corrected chi connectivity index (χ3v) is 4.40. The summed E-state index contributed by atoms with van der Waals surface area (Å²) in [6, 6.07) is 10.3. The third kappa shape index (κ3) is 2.72. The predicted octanol–water partition coefficient (Wildman–Crippen LogP) is 2.10. The van der Waals surface area contributed by atoms with Crippen molar-refractivity contribution in [1.82, 2.24) is 9.97 Å². The Hall–Kier alpha value is -2.99. The fourth-order valence-electron chi connectivity index (χ4n) is 2.91. The molecule has 3 rings (SSSR count). The number of H-pyrrole nitrogens is 1. The highest BCUT2D eigenvalue weighted by Gasteiger charge is 2.22. The van der Waals surface area contributed by atoms with Crippen molar-refractivity contribution in [2.24, 2.45) is 0 Å². The standard InChI is InChI=1S/C17H18N6/c1-12-4-3-5-16(13(12)2)22-6-8-23(9-7-22)17-20-14(10-18)15(11-19)21-17/h3-5H,6-9H2,1-2H3,(H,20,21). The molecule has 1 saturated heterocycles. The van der Waals surface area contributed by atoms with E-state index in [1.54, 1.807) is 0 Å². The maximum absolute atomic E-state index is 9.01. The quantitative estimate of drug-likeness (QED) is 0.918. The van der Waals surface area contributed by atoms with Crippen molar-refractivity contribution in [3.63, 3.8) is 0 Å². The number of hydrogen-bond acceptors (Lipinski definition) is 5. The predicted molar refractivity (Wildman–Crippen MR) is 88.4 cm³/mol. The van der Waals surface area contributed by atoms with Crippen LogP contribution in [-0.4, -0.2) is 36.1 Å². The molecule has 0 atom stereocenters. The third-order valence-electron chi connectivity index (χ3n) is 4.40.